The smallest absolute Gasteiger partial charge is 0.249 e. The maximum atomic E-state index is 11.3. The van der Waals surface area contributed by atoms with Gasteiger partial charge in [0, 0.05) is 11.1 Å². The number of aliphatic hydroxyl groups is 1. The average molecular weight is 257 g/mol. The van der Waals surface area contributed by atoms with Crippen molar-refractivity contribution in [2.75, 3.05) is 0 Å². The second-order valence-corrected chi connectivity index (χ2v) is 4.12. The van der Waals surface area contributed by atoms with Gasteiger partial charge in [-0.15, -0.1) is 0 Å². The van der Waals surface area contributed by atoms with Crippen molar-refractivity contribution in [2.24, 2.45) is 5.73 Å². The molecule has 19 heavy (non-hydrogen) atoms. The fraction of sp³-hybridized carbons (Fsp3) is 0.133. The number of rotatable bonds is 5. The number of hydrogen-bond acceptors (Lipinski definition) is 3. The summed E-state index contributed by atoms with van der Waals surface area (Å²) >= 11 is 0. The van der Waals surface area contributed by atoms with Gasteiger partial charge in [0.05, 0.1) is 6.61 Å². The third-order valence-corrected chi connectivity index (χ3v) is 2.76. The van der Waals surface area contributed by atoms with E-state index in [4.69, 9.17) is 15.6 Å². The first kappa shape index (κ1) is 13.1. The molecule has 0 spiro atoms. The Bertz CT molecular complexity index is 581. The van der Waals surface area contributed by atoms with Crippen LogP contribution >= 0.6 is 0 Å². The molecular formula is C15H15NO3. The largest absolute Gasteiger partial charge is 0.489 e. The molecule has 4 heteroatoms. The van der Waals surface area contributed by atoms with Crippen molar-refractivity contribution in [1.29, 1.82) is 0 Å². The van der Waals surface area contributed by atoms with Crippen LogP contribution in [-0.2, 0) is 13.2 Å². The van der Waals surface area contributed by atoms with Gasteiger partial charge in [-0.05, 0) is 23.8 Å². The lowest BCUT2D eigenvalue weighted by molar-refractivity contribution is 0.0998. The predicted molar refractivity (Wildman–Crippen MR) is 71.7 cm³/mol. The van der Waals surface area contributed by atoms with Gasteiger partial charge in [-0.2, -0.15) is 0 Å². The van der Waals surface area contributed by atoms with Gasteiger partial charge in [0.2, 0.25) is 5.91 Å². The summed E-state index contributed by atoms with van der Waals surface area (Å²) in [4.78, 5) is 11.3. The number of ether oxygens (including phenoxy) is 1. The summed E-state index contributed by atoms with van der Waals surface area (Å²) in [5.41, 5.74) is 7.28. The van der Waals surface area contributed by atoms with Gasteiger partial charge < -0.3 is 15.6 Å². The van der Waals surface area contributed by atoms with Crippen molar-refractivity contribution < 1.29 is 14.6 Å². The Labute approximate surface area is 111 Å². The maximum Gasteiger partial charge on any atom is 0.249 e. The molecule has 2 aromatic carbocycles. The lowest BCUT2D eigenvalue weighted by atomic mass is 10.1. The van der Waals surface area contributed by atoms with Crippen LogP contribution in [0.5, 0.6) is 5.75 Å². The fourth-order valence-corrected chi connectivity index (χ4v) is 1.78. The van der Waals surface area contributed by atoms with Crippen LogP contribution in [0.25, 0.3) is 0 Å². The Morgan fingerprint density at radius 2 is 1.95 bits per heavy atom. The molecule has 0 aliphatic rings. The van der Waals surface area contributed by atoms with Crippen molar-refractivity contribution in [1.82, 2.24) is 0 Å². The zero-order valence-electron chi connectivity index (χ0n) is 10.4. The molecule has 0 saturated heterocycles. The van der Waals surface area contributed by atoms with Crippen molar-refractivity contribution >= 4 is 5.91 Å². The van der Waals surface area contributed by atoms with Crippen molar-refractivity contribution in [3.8, 4) is 5.75 Å². The fourth-order valence-electron chi connectivity index (χ4n) is 1.78. The molecule has 0 aliphatic heterocycles. The van der Waals surface area contributed by atoms with Crippen LogP contribution in [0.2, 0.25) is 0 Å². The van der Waals surface area contributed by atoms with E-state index in [1.54, 1.807) is 36.4 Å². The average Bonchev–Trinajstić information content (AvgIpc) is 2.45. The molecule has 0 bridgehead atoms. The molecule has 0 heterocycles. The molecule has 0 aromatic heterocycles. The molecule has 3 N–H and O–H groups in total. The number of primary amides is 1. The van der Waals surface area contributed by atoms with E-state index in [2.05, 4.69) is 0 Å². The first-order valence-electron chi connectivity index (χ1n) is 5.91. The third-order valence-electron chi connectivity index (χ3n) is 2.76. The predicted octanol–water partition coefficient (Wildman–Crippen LogP) is 1.86. The first-order valence-corrected chi connectivity index (χ1v) is 5.91. The van der Waals surface area contributed by atoms with Crippen molar-refractivity contribution in [3.63, 3.8) is 0 Å². The molecule has 98 valence electrons. The van der Waals surface area contributed by atoms with E-state index >= 15 is 0 Å². The van der Waals surface area contributed by atoms with Crippen LogP contribution in [0.3, 0.4) is 0 Å². The number of nitrogens with two attached hydrogens (primary N) is 1. The molecule has 0 saturated carbocycles. The minimum absolute atomic E-state index is 0.0327. The van der Waals surface area contributed by atoms with Gasteiger partial charge in [0.15, 0.2) is 0 Å². The molecule has 0 radical (unpaired) electrons. The molecule has 2 aromatic rings. The number of hydrogen-bond donors (Lipinski definition) is 2. The Kier molecular flexibility index (Phi) is 4.15. The van der Waals surface area contributed by atoms with E-state index in [9.17, 15) is 4.79 Å². The summed E-state index contributed by atoms with van der Waals surface area (Å²) in [5.74, 6) is 0.175. The summed E-state index contributed by atoms with van der Waals surface area (Å²) in [6, 6.07) is 14.2. The van der Waals surface area contributed by atoms with Crippen molar-refractivity contribution in [3.05, 3.63) is 65.2 Å². The molecule has 0 aliphatic carbocycles. The normalized spacial score (nSPS) is 10.2. The highest BCUT2D eigenvalue weighted by Crippen LogP contribution is 2.16. The monoisotopic (exact) mass is 257 g/mol. The highest BCUT2D eigenvalue weighted by atomic mass is 16.5. The first-order chi connectivity index (χ1) is 9.20. The van der Waals surface area contributed by atoms with E-state index < -0.39 is 5.91 Å². The molecule has 4 nitrogen and oxygen atoms in total. The van der Waals surface area contributed by atoms with Gasteiger partial charge in [-0.3, -0.25) is 4.79 Å². The summed E-state index contributed by atoms with van der Waals surface area (Å²) in [7, 11) is 0. The maximum absolute atomic E-state index is 11.3. The molecule has 0 fully saturated rings. The lowest BCUT2D eigenvalue weighted by Crippen LogP contribution is -2.14. The number of carbonyl (C=O) groups is 1. The zero-order chi connectivity index (χ0) is 13.7. The minimum Gasteiger partial charge on any atom is -0.489 e. The van der Waals surface area contributed by atoms with E-state index in [1.807, 2.05) is 12.1 Å². The number of benzene rings is 2. The van der Waals surface area contributed by atoms with E-state index in [1.165, 1.54) is 0 Å². The zero-order valence-corrected chi connectivity index (χ0v) is 10.4. The topological polar surface area (TPSA) is 72.6 Å². The van der Waals surface area contributed by atoms with Crippen LogP contribution < -0.4 is 10.5 Å². The van der Waals surface area contributed by atoms with Crippen LogP contribution in [0.15, 0.2) is 48.5 Å². The molecular weight excluding hydrogens is 242 g/mol. The Morgan fingerprint density at radius 1 is 1.16 bits per heavy atom. The Hall–Kier alpha value is -2.33. The third kappa shape index (κ3) is 3.33. The van der Waals surface area contributed by atoms with Gasteiger partial charge in [0.25, 0.3) is 0 Å². The molecule has 0 atom stereocenters. The number of aliphatic hydroxyl groups excluding tert-OH is 1. The van der Waals surface area contributed by atoms with Crippen molar-refractivity contribution in [2.45, 2.75) is 13.2 Å². The summed E-state index contributed by atoms with van der Waals surface area (Å²) in [6.45, 7) is 0.225. The standard InChI is InChI=1S/C15H15NO3/c16-15(18)14-7-2-1-5-12(14)10-19-13-6-3-4-11(8-13)9-17/h1-8,17H,9-10H2,(H2,16,18). The second kappa shape index (κ2) is 6.02. The summed E-state index contributed by atoms with van der Waals surface area (Å²) < 4.78 is 5.61. The molecule has 2 rings (SSSR count). The SMILES string of the molecule is NC(=O)c1ccccc1COc1cccc(CO)c1. The number of amides is 1. The van der Waals surface area contributed by atoms with Gasteiger partial charge >= 0.3 is 0 Å². The van der Waals surface area contributed by atoms with Crippen LogP contribution in [0.1, 0.15) is 21.5 Å². The Morgan fingerprint density at radius 3 is 2.68 bits per heavy atom. The van der Waals surface area contributed by atoms with Gasteiger partial charge in [-0.25, -0.2) is 0 Å². The summed E-state index contributed by atoms with van der Waals surface area (Å²) in [6.07, 6.45) is 0. The highest BCUT2D eigenvalue weighted by Gasteiger charge is 2.07. The second-order valence-electron chi connectivity index (χ2n) is 4.12. The lowest BCUT2D eigenvalue weighted by Gasteiger charge is -2.09. The minimum atomic E-state index is -0.469. The van der Waals surface area contributed by atoms with E-state index in [0.717, 1.165) is 11.1 Å². The quantitative estimate of drug-likeness (QED) is 0.858. The van der Waals surface area contributed by atoms with Crippen LogP contribution in [0, 0.1) is 0 Å². The number of carbonyl (C=O) groups excluding carboxylic acids is 1. The van der Waals surface area contributed by atoms with Crippen LogP contribution in [-0.4, -0.2) is 11.0 Å². The van der Waals surface area contributed by atoms with Gasteiger partial charge in [-0.1, -0.05) is 30.3 Å². The van der Waals surface area contributed by atoms with E-state index in [-0.39, 0.29) is 13.2 Å². The van der Waals surface area contributed by atoms with Gasteiger partial charge in [0.1, 0.15) is 12.4 Å². The summed E-state index contributed by atoms with van der Waals surface area (Å²) in [5, 5.41) is 9.05. The van der Waals surface area contributed by atoms with Crippen LogP contribution in [0.4, 0.5) is 0 Å². The molecule has 0 unspecified atom stereocenters. The molecule has 1 amide bonds. The highest BCUT2D eigenvalue weighted by molar-refractivity contribution is 5.94. The Balaban J connectivity index is 2.12. The van der Waals surface area contributed by atoms with E-state index in [0.29, 0.717) is 11.3 Å².